The quantitative estimate of drug-likeness (QED) is 0.353. The van der Waals surface area contributed by atoms with E-state index in [9.17, 15) is 9.59 Å². The molecule has 0 fully saturated rings. The minimum absolute atomic E-state index is 0.0846. The number of carbonyl (C=O) groups excluding carboxylic acids is 2. The third-order valence-corrected chi connectivity index (χ3v) is 6.69. The van der Waals surface area contributed by atoms with Crippen molar-refractivity contribution in [3.8, 4) is 0 Å². The molecular formula is C30H40N2O2. The van der Waals surface area contributed by atoms with Crippen molar-refractivity contribution in [1.82, 2.24) is 9.80 Å². The molecule has 1 aliphatic carbocycles. The summed E-state index contributed by atoms with van der Waals surface area (Å²) in [4.78, 5) is 31.6. The van der Waals surface area contributed by atoms with Crippen LogP contribution in [0, 0.1) is 11.8 Å². The van der Waals surface area contributed by atoms with E-state index in [1.165, 1.54) is 0 Å². The third-order valence-electron chi connectivity index (χ3n) is 6.69. The second-order valence-electron chi connectivity index (χ2n) is 9.35. The largest absolute Gasteiger partial charge is 0.342 e. The van der Waals surface area contributed by atoms with Crippen LogP contribution in [0.5, 0.6) is 0 Å². The van der Waals surface area contributed by atoms with Gasteiger partial charge in [-0.25, -0.2) is 0 Å². The van der Waals surface area contributed by atoms with Crippen molar-refractivity contribution in [2.45, 2.75) is 65.5 Å². The molecule has 3 rings (SSSR count). The number of benzene rings is 2. The smallest absolute Gasteiger partial charge is 0.227 e. The Balaban J connectivity index is 1.83. The first-order valence-electron chi connectivity index (χ1n) is 12.9. The Kier molecular flexibility index (Phi) is 10.4. The van der Waals surface area contributed by atoms with Crippen molar-refractivity contribution < 1.29 is 9.59 Å². The van der Waals surface area contributed by atoms with Crippen LogP contribution in [-0.2, 0) is 22.7 Å². The summed E-state index contributed by atoms with van der Waals surface area (Å²) in [5, 5.41) is 0. The van der Waals surface area contributed by atoms with Crippen molar-refractivity contribution in [2.24, 2.45) is 11.8 Å². The molecule has 2 aromatic carbocycles. The van der Waals surface area contributed by atoms with Crippen LogP contribution >= 0.6 is 0 Å². The average Bonchev–Trinajstić information content (AvgIpc) is 2.89. The normalized spacial score (nSPS) is 17.4. The summed E-state index contributed by atoms with van der Waals surface area (Å²) in [5.41, 5.74) is 2.21. The number of nitrogens with zero attached hydrogens (tertiary/aromatic N) is 2. The molecule has 4 nitrogen and oxygen atoms in total. The highest BCUT2D eigenvalue weighted by Crippen LogP contribution is 2.31. The Bertz CT molecular complexity index is 860. The van der Waals surface area contributed by atoms with E-state index >= 15 is 0 Å². The SMILES string of the molecule is CCCCN(CCCC)C(=O)C1CC=CCC1C(=O)N(Cc1ccccc1)Cc1ccccc1. The van der Waals surface area contributed by atoms with Gasteiger partial charge in [-0.05, 0) is 36.8 Å². The van der Waals surface area contributed by atoms with Crippen molar-refractivity contribution in [1.29, 1.82) is 0 Å². The van der Waals surface area contributed by atoms with Crippen LogP contribution in [0.3, 0.4) is 0 Å². The first-order chi connectivity index (χ1) is 16.6. The van der Waals surface area contributed by atoms with Crippen LogP contribution in [0.1, 0.15) is 63.5 Å². The fraction of sp³-hybridized carbons (Fsp3) is 0.467. The molecule has 0 saturated carbocycles. The fourth-order valence-corrected chi connectivity index (χ4v) is 4.68. The van der Waals surface area contributed by atoms with E-state index in [0.29, 0.717) is 25.9 Å². The van der Waals surface area contributed by atoms with Gasteiger partial charge >= 0.3 is 0 Å². The van der Waals surface area contributed by atoms with Gasteiger partial charge in [0.05, 0.1) is 11.8 Å². The van der Waals surface area contributed by atoms with Crippen LogP contribution < -0.4 is 0 Å². The molecule has 0 heterocycles. The van der Waals surface area contributed by atoms with E-state index in [0.717, 1.165) is 49.9 Å². The van der Waals surface area contributed by atoms with Crippen molar-refractivity contribution in [3.63, 3.8) is 0 Å². The minimum atomic E-state index is -0.310. The van der Waals surface area contributed by atoms with Crippen LogP contribution in [0.15, 0.2) is 72.8 Å². The summed E-state index contributed by atoms with van der Waals surface area (Å²) < 4.78 is 0. The molecule has 34 heavy (non-hydrogen) atoms. The zero-order chi connectivity index (χ0) is 24.2. The zero-order valence-corrected chi connectivity index (χ0v) is 20.9. The van der Waals surface area contributed by atoms with Crippen molar-refractivity contribution in [2.75, 3.05) is 13.1 Å². The lowest BCUT2D eigenvalue weighted by Crippen LogP contribution is -2.46. The molecule has 2 aromatic rings. The van der Waals surface area contributed by atoms with Gasteiger partial charge < -0.3 is 9.80 Å². The third kappa shape index (κ3) is 7.31. The number of hydrogen-bond donors (Lipinski definition) is 0. The maximum absolute atomic E-state index is 14.0. The highest BCUT2D eigenvalue weighted by atomic mass is 16.2. The maximum Gasteiger partial charge on any atom is 0.227 e. The van der Waals surface area contributed by atoms with Gasteiger partial charge in [0.15, 0.2) is 0 Å². The number of hydrogen-bond acceptors (Lipinski definition) is 2. The summed E-state index contributed by atoms with van der Waals surface area (Å²) in [5.74, 6) is -0.346. The Morgan fingerprint density at radius 1 is 0.676 bits per heavy atom. The average molecular weight is 461 g/mol. The van der Waals surface area contributed by atoms with Gasteiger partial charge in [0.25, 0.3) is 0 Å². The van der Waals surface area contributed by atoms with E-state index in [4.69, 9.17) is 0 Å². The highest BCUT2D eigenvalue weighted by Gasteiger charge is 2.38. The Morgan fingerprint density at radius 3 is 1.50 bits per heavy atom. The number of rotatable bonds is 12. The Morgan fingerprint density at radius 2 is 1.09 bits per heavy atom. The first-order valence-corrected chi connectivity index (χ1v) is 12.9. The fourth-order valence-electron chi connectivity index (χ4n) is 4.68. The van der Waals surface area contributed by atoms with Crippen molar-refractivity contribution in [3.05, 3.63) is 83.9 Å². The van der Waals surface area contributed by atoms with Crippen LogP contribution in [0.2, 0.25) is 0 Å². The number of carbonyl (C=O) groups is 2. The van der Waals surface area contributed by atoms with Gasteiger partial charge in [-0.15, -0.1) is 0 Å². The van der Waals surface area contributed by atoms with Gasteiger partial charge in [-0.1, -0.05) is 99.5 Å². The molecule has 0 radical (unpaired) electrons. The second-order valence-corrected chi connectivity index (χ2v) is 9.35. The molecule has 0 N–H and O–H groups in total. The molecule has 2 atom stereocenters. The minimum Gasteiger partial charge on any atom is -0.342 e. The molecule has 0 aliphatic heterocycles. The van der Waals surface area contributed by atoms with Gasteiger partial charge in [-0.3, -0.25) is 9.59 Å². The molecule has 2 amide bonds. The highest BCUT2D eigenvalue weighted by molar-refractivity contribution is 5.88. The predicted octanol–water partition coefficient (Wildman–Crippen LogP) is 6.23. The monoisotopic (exact) mass is 460 g/mol. The van der Waals surface area contributed by atoms with E-state index in [1.54, 1.807) is 0 Å². The van der Waals surface area contributed by atoms with Gasteiger partial charge in [0.2, 0.25) is 11.8 Å². The topological polar surface area (TPSA) is 40.6 Å². The summed E-state index contributed by atoms with van der Waals surface area (Å²) in [6.07, 6.45) is 9.57. The van der Waals surface area contributed by atoms with Gasteiger partial charge in [0, 0.05) is 26.2 Å². The van der Waals surface area contributed by atoms with Crippen molar-refractivity contribution >= 4 is 11.8 Å². The Hall–Kier alpha value is -2.88. The summed E-state index contributed by atoms with van der Waals surface area (Å²) >= 11 is 0. The summed E-state index contributed by atoms with van der Waals surface area (Å²) in [6.45, 7) is 6.98. The molecule has 0 saturated heterocycles. The standard InChI is InChI=1S/C30H40N2O2/c1-3-5-21-31(22-6-4-2)29(33)27-19-13-14-20-28(27)30(34)32(23-25-15-9-7-10-16-25)24-26-17-11-8-12-18-26/h7-18,27-28H,3-6,19-24H2,1-2H3. The molecule has 182 valence electrons. The molecule has 0 bridgehead atoms. The predicted molar refractivity (Wildman–Crippen MR) is 139 cm³/mol. The van der Waals surface area contributed by atoms with E-state index in [2.05, 4.69) is 50.3 Å². The van der Waals surface area contributed by atoms with Crippen LogP contribution in [0.25, 0.3) is 0 Å². The lowest BCUT2D eigenvalue weighted by molar-refractivity contribution is -0.147. The molecular weight excluding hydrogens is 420 g/mol. The van der Waals surface area contributed by atoms with Gasteiger partial charge in [0.1, 0.15) is 0 Å². The lowest BCUT2D eigenvalue weighted by atomic mass is 9.80. The molecule has 0 aromatic heterocycles. The number of allylic oxidation sites excluding steroid dienone is 2. The molecule has 2 unspecified atom stereocenters. The molecule has 0 spiro atoms. The van der Waals surface area contributed by atoms with Crippen LogP contribution in [0.4, 0.5) is 0 Å². The Labute approximate surface area is 205 Å². The number of amides is 2. The number of unbranched alkanes of at least 4 members (excludes halogenated alkanes) is 2. The molecule has 4 heteroatoms. The maximum atomic E-state index is 14.0. The molecule has 1 aliphatic rings. The van der Waals surface area contributed by atoms with E-state index in [-0.39, 0.29) is 23.7 Å². The summed E-state index contributed by atoms with van der Waals surface area (Å²) in [7, 11) is 0. The van der Waals surface area contributed by atoms with Gasteiger partial charge in [-0.2, -0.15) is 0 Å². The summed E-state index contributed by atoms with van der Waals surface area (Å²) in [6, 6.07) is 20.3. The van der Waals surface area contributed by atoms with E-state index in [1.807, 2.05) is 46.2 Å². The lowest BCUT2D eigenvalue weighted by Gasteiger charge is -2.35. The van der Waals surface area contributed by atoms with E-state index < -0.39 is 0 Å². The second kappa shape index (κ2) is 13.7. The zero-order valence-electron chi connectivity index (χ0n) is 20.9. The first kappa shape index (κ1) is 25.7. The van der Waals surface area contributed by atoms with Crippen LogP contribution in [-0.4, -0.2) is 34.7 Å².